The molecule has 0 aromatic heterocycles. The van der Waals surface area contributed by atoms with Crippen molar-refractivity contribution >= 4 is 11.9 Å². The van der Waals surface area contributed by atoms with Gasteiger partial charge in [-0.3, -0.25) is 9.59 Å². The molecule has 2 unspecified atom stereocenters. The summed E-state index contributed by atoms with van der Waals surface area (Å²) in [7, 11) is 0. The summed E-state index contributed by atoms with van der Waals surface area (Å²) in [5, 5.41) is 9.34. The lowest BCUT2D eigenvalue weighted by Gasteiger charge is -2.35. The number of nitrogens with zero attached hydrogens (tertiary/aromatic N) is 1. The predicted molar refractivity (Wildman–Crippen MR) is 78.6 cm³/mol. The SMILES string of the molecule is O=C(O)C1CCCCC1C(=O)N1CCc2ccccc2C1. The Morgan fingerprint density at radius 1 is 1.05 bits per heavy atom. The number of hydrogen-bond acceptors (Lipinski definition) is 2. The number of carboxylic acids is 1. The summed E-state index contributed by atoms with van der Waals surface area (Å²) in [5.41, 5.74) is 2.50. The maximum absolute atomic E-state index is 12.7. The summed E-state index contributed by atoms with van der Waals surface area (Å²) >= 11 is 0. The van der Waals surface area contributed by atoms with Crippen molar-refractivity contribution in [2.75, 3.05) is 6.54 Å². The molecule has 2 aliphatic rings. The summed E-state index contributed by atoms with van der Waals surface area (Å²) < 4.78 is 0. The molecule has 2 atom stereocenters. The van der Waals surface area contributed by atoms with Crippen LogP contribution in [0.5, 0.6) is 0 Å². The smallest absolute Gasteiger partial charge is 0.307 e. The first-order valence-corrected chi connectivity index (χ1v) is 7.75. The third-order valence-corrected chi connectivity index (χ3v) is 4.84. The van der Waals surface area contributed by atoms with Crippen molar-refractivity contribution in [3.63, 3.8) is 0 Å². The van der Waals surface area contributed by atoms with Crippen LogP contribution in [-0.4, -0.2) is 28.4 Å². The average molecular weight is 287 g/mol. The molecule has 4 nitrogen and oxygen atoms in total. The van der Waals surface area contributed by atoms with Crippen molar-refractivity contribution in [1.29, 1.82) is 0 Å². The Morgan fingerprint density at radius 2 is 1.71 bits per heavy atom. The van der Waals surface area contributed by atoms with Crippen LogP contribution in [0.15, 0.2) is 24.3 Å². The first-order chi connectivity index (χ1) is 10.2. The molecule has 21 heavy (non-hydrogen) atoms. The fourth-order valence-corrected chi connectivity index (χ4v) is 3.64. The van der Waals surface area contributed by atoms with E-state index in [9.17, 15) is 14.7 Å². The summed E-state index contributed by atoms with van der Waals surface area (Å²) in [4.78, 5) is 26.0. The highest BCUT2D eigenvalue weighted by atomic mass is 16.4. The Bertz CT molecular complexity index is 555. The third kappa shape index (κ3) is 2.80. The van der Waals surface area contributed by atoms with Gasteiger partial charge in [-0.1, -0.05) is 37.1 Å². The van der Waals surface area contributed by atoms with Gasteiger partial charge in [-0.05, 0) is 30.4 Å². The molecule has 0 spiro atoms. The van der Waals surface area contributed by atoms with Crippen LogP contribution in [0.3, 0.4) is 0 Å². The maximum atomic E-state index is 12.7. The van der Waals surface area contributed by atoms with Crippen molar-refractivity contribution in [1.82, 2.24) is 4.90 Å². The van der Waals surface area contributed by atoms with Gasteiger partial charge in [-0.2, -0.15) is 0 Å². The van der Waals surface area contributed by atoms with Crippen LogP contribution in [0.4, 0.5) is 0 Å². The Kier molecular flexibility index (Phi) is 3.95. The average Bonchev–Trinajstić information content (AvgIpc) is 2.53. The Hall–Kier alpha value is -1.84. The maximum Gasteiger partial charge on any atom is 0.307 e. The van der Waals surface area contributed by atoms with Crippen LogP contribution >= 0.6 is 0 Å². The molecular weight excluding hydrogens is 266 g/mol. The molecule has 1 fully saturated rings. The molecule has 4 heteroatoms. The number of benzene rings is 1. The first-order valence-electron chi connectivity index (χ1n) is 7.75. The normalized spacial score (nSPS) is 25.2. The minimum absolute atomic E-state index is 0.0385. The molecule has 1 N–H and O–H groups in total. The van der Waals surface area contributed by atoms with E-state index in [2.05, 4.69) is 12.1 Å². The quantitative estimate of drug-likeness (QED) is 0.909. The summed E-state index contributed by atoms with van der Waals surface area (Å²) in [6, 6.07) is 8.19. The van der Waals surface area contributed by atoms with Crippen LogP contribution < -0.4 is 0 Å². The van der Waals surface area contributed by atoms with Crippen LogP contribution in [0.2, 0.25) is 0 Å². The highest BCUT2D eigenvalue weighted by Gasteiger charge is 2.38. The van der Waals surface area contributed by atoms with Gasteiger partial charge in [0.15, 0.2) is 0 Å². The van der Waals surface area contributed by atoms with Crippen LogP contribution in [0.25, 0.3) is 0 Å². The minimum Gasteiger partial charge on any atom is -0.481 e. The minimum atomic E-state index is -0.814. The van der Waals surface area contributed by atoms with Gasteiger partial charge in [-0.25, -0.2) is 0 Å². The van der Waals surface area contributed by atoms with E-state index < -0.39 is 11.9 Å². The summed E-state index contributed by atoms with van der Waals surface area (Å²) in [5.74, 6) is -1.60. The topological polar surface area (TPSA) is 57.6 Å². The third-order valence-electron chi connectivity index (χ3n) is 4.84. The number of hydrogen-bond donors (Lipinski definition) is 1. The number of amides is 1. The number of fused-ring (bicyclic) bond motifs is 1. The lowest BCUT2D eigenvalue weighted by atomic mass is 9.78. The second kappa shape index (κ2) is 5.88. The van der Waals surface area contributed by atoms with Gasteiger partial charge >= 0.3 is 5.97 Å². The van der Waals surface area contributed by atoms with Crippen molar-refractivity contribution in [2.45, 2.75) is 38.6 Å². The fraction of sp³-hybridized carbons (Fsp3) is 0.529. The molecule has 1 aromatic rings. The van der Waals surface area contributed by atoms with E-state index in [1.807, 2.05) is 17.0 Å². The molecule has 3 rings (SSSR count). The number of carbonyl (C=O) groups excluding carboxylic acids is 1. The number of aliphatic carboxylic acids is 1. The van der Waals surface area contributed by atoms with Gasteiger partial charge in [0.2, 0.25) is 5.91 Å². The highest BCUT2D eigenvalue weighted by molar-refractivity contribution is 5.85. The van der Waals surface area contributed by atoms with E-state index >= 15 is 0 Å². The van der Waals surface area contributed by atoms with Gasteiger partial charge in [0, 0.05) is 13.1 Å². The largest absolute Gasteiger partial charge is 0.481 e. The zero-order chi connectivity index (χ0) is 14.8. The van der Waals surface area contributed by atoms with Crippen LogP contribution in [-0.2, 0) is 22.6 Å². The Labute approximate surface area is 124 Å². The van der Waals surface area contributed by atoms with E-state index in [0.717, 1.165) is 19.3 Å². The van der Waals surface area contributed by atoms with Crippen LogP contribution in [0.1, 0.15) is 36.8 Å². The molecule has 1 aliphatic heterocycles. The van der Waals surface area contributed by atoms with E-state index in [-0.39, 0.29) is 11.8 Å². The molecule has 1 heterocycles. The number of rotatable bonds is 2. The molecule has 1 aromatic carbocycles. The van der Waals surface area contributed by atoms with Crippen molar-refractivity contribution in [3.8, 4) is 0 Å². The number of carbonyl (C=O) groups is 2. The fourth-order valence-electron chi connectivity index (χ4n) is 3.64. The van der Waals surface area contributed by atoms with Gasteiger partial charge < -0.3 is 10.0 Å². The van der Waals surface area contributed by atoms with Crippen molar-refractivity contribution in [2.24, 2.45) is 11.8 Å². The van der Waals surface area contributed by atoms with Gasteiger partial charge in [-0.15, -0.1) is 0 Å². The standard InChI is InChI=1S/C17H21NO3/c19-16(14-7-3-4-8-15(14)17(20)21)18-10-9-12-5-1-2-6-13(12)11-18/h1-2,5-6,14-15H,3-4,7-11H2,(H,20,21). The van der Waals surface area contributed by atoms with Gasteiger partial charge in [0.25, 0.3) is 0 Å². The van der Waals surface area contributed by atoms with Crippen LogP contribution in [0, 0.1) is 11.8 Å². The van der Waals surface area contributed by atoms with E-state index in [1.54, 1.807) is 0 Å². The zero-order valence-corrected chi connectivity index (χ0v) is 12.1. The predicted octanol–water partition coefficient (Wildman–Crippen LogP) is 2.46. The van der Waals surface area contributed by atoms with Crippen molar-refractivity contribution in [3.05, 3.63) is 35.4 Å². The molecule has 1 aliphatic carbocycles. The highest BCUT2D eigenvalue weighted by Crippen LogP contribution is 2.33. The summed E-state index contributed by atoms with van der Waals surface area (Å²) in [6.07, 6.45) is 4.10. The molecule has 112 valence electrons. The number of carboxylic acid groups (broad SMARTS) is 1. The second-order valence-electron chi connectivity index (χ2n) is 6.11. The van der Waals surface area contributed by atoms with E-state index in [0.29, 0.717) is 25.9 Å². The lowest BCUT2D eigenvalue weighted by Crippen LogP contribution is -2.44. The van der Waals surface area contributed by atoms with E-state index in [4.69, 9.17) is 0 Å². The second-order valence-corrected chi connectivity index (χ2v) is 6.11. The molecule has 0 saturated heterocycles. The first kappa shape index (κ1) is 14.1. The molecule has 1 saturated carbocycles. The molecule has 0 radical (unpaired) electrons. The molecular formula is C17H21NO3. The Balaban J connectivity index is 1.75. The zero-order valence-electron chi connectivity index (χ0n) is 12.1. The monoisotopic (exact) mass is 287 g/mol. The summed E-state index contributed by atoms with van der Waals surface area (Å²) in [6.45, 7) is 1.33. The molecule has 0 bridgehead atoms. The van der Waals surface area contributed by atoms with Gasteiger partial charge in [0.05, 0.1) is 11.8 Å². The Morgan fingerprint density at radius 3 is 2.43 bits per heavy atom. The van der Waals surface area contributed by atoms with Crippen molar-refractivity contribution < 1.29 is 14.7 Å². The van der Waals surface area contributed by atoms with E-state index in [1.165, 1.54) is 11.1 Å². The lowest BCUT2D eigenvalue weighted by molar-refractivity contribution is -0.152. The van der Waals surface area contributed by atoms with Gasteiger partial charge in [0.1, 0.15) is 0 Å². The molecule has 1 amide bonds.